The Balaban J connectivity index is 2.19. The molecule has 1 unspecified atom stereocenters. The maximum absolute atomic E-state index is 12.3. The van der Waals surface area contributed by atoms with Crippen LogP contribution >= 0.6 is 15.9 Å². The van der Waals surface area contributed by atoms with Crippen LogP contribution in [0.2, 0.25) is 0 Å². The van der Waals surface area contributed by atoms with Gasteiger partial charge in [0.2, 0.25) is 5.91 Å². The number of anilines is 1. The summed E-state index contributed by atoms with van der Waals surface area (Å²) in [5.74, 6) is -0.991. The van der Waals surface area contributed by atoms with Crippen LogP contribution < -0.4 is 11.1 Å². The van der Waals surface area contributed by atoms with Gasteiger partial charge in [0.25, 0.3) is 11.8 Å². The summed E-state index contributed by atoms with van der Waals surface area (Å²) in [6.07, 6.45) is 0.559. The van der Waals surface area contributed by atoms with E-state index in [2.05, 4.69) is 21.2 Å². The summed E-state index contributed by atoms with van der Waals surface area (Å²) >= 11 is 3.29. The number of nitrogens with two attached hydrogens (primary N) is 1. The Bertz CT molecular complexity index is 630. The van der Waals surface area contributed by atoms with E-state index < -0.39 is 6.04 Å². The molecule has 1 aromatic rings. The van der Waals surface area contributed by atoms with E-state index in [0.29, 0.717) is 27.7 Å². The van der Waals surface area contributed by atoms with Crippen molar-refractivity contribution in [3.8, 4) is 0 Å². The van der Waals surface area contributed by atoms with Crippen LogP contribution in [0, 0.1) is 6.92 Å². The smallest absolute Gasteiger partial charge is 0.252 e. The standard InChI is InChI=1S/C14H16BrN3O3/c1-7-9(5-8(15)6-10(7)16)13(20)17-11-3-4-12(19)18(2)14(11)21/h5-6,11H,3-4,16H2,1-2H3,(H,17,20). The number of piperidine rings is 1. The lowest BCUT2D eigenvalue weighted by atomic mass is 10.0. The van der Waals surface area contributed by atoms with Crippen molar-refractivity contribution in [3.05, 3.63) is 27.7 Å². The predicted octanol–water partition coefficient (Wildman–Crippen LogP) is 1.22. The average molecular weight is 354 g/mol. The largest absolute Gasteiger partial charge is 0.398 e. The summed E-state index contributed by atoms with van der Waals surface area (Å²) < 4.78 is 0.693. The molecule has 112 valence electrons. The molecule has 0 aliphatic carbocycles. The van der Waals surface area contributed by atoms with E-state index in [1.54, 1.807) is 19.1 Å². The summed E-state index contributed by atoms with van der Waals surface area (Å²) in [6.45, 7) is 1.75. The molecule has 1 atom stereocenters. The van der Waals surface area contributed by atoms with Crippen LogP contribution in [0.5, 0.6) is 0 Å². The number of nitrogens with zero attached hydrogens (tertiary/aromatic N) is 1. The van der Waals surface area contributed by atoms with Crippen molar-refractivity contribution < 1.29 is 14.4 Å². The minimum absolute atomic E-state index is 0.228. The summed E-state index contributed by atoms with van der Waals surface area (Å²) in [4.78, 5) is 36.8. The molecule has 3 N–H and O–H groups in total. The van der Waals surface area contributed by atoms with Crippen molar-refractivity contribution in [3.63, 3.8) is 0 Å². The molecule has 1 saturated heterocycles. The zero-order valence-electron chi connectivity index (χ0n) is 11.8. The van der Waals surface area contributed by atoms with Crippen LogP contribution in [-0.4, -0.2) is 35.7 Å². The van der Waals surface area contributed by atoms with E-state index in [-0.39, 0.29) is 24.1 Å². The van der Waals surface area contributed by atoms with Crippen molar-refractivity contribution >= 4 is 39.3 Å². The molecule has 3 amide bonds. The van der Waals surface area contributed by atoms with Crippen LogP contribution in [0.4, 0.5) is 5.69 Å². The number of carbonyl (C=O) groups excluding carboxylic acids is 3. The second kappa shape index (κ2) is 5.85. The second-order valence-electron chi connectivity index (χ2n) is 5.02. The van der Waals surface area contributed by atoms with Crippen LogP contribution in [-0.2, 0) is 9.59 Å². The molecule has 21 heavy (non-hydrogen) atoms. The lowest BCUT2D eigenvalue weighted by Crippen LogP contribution is -2.53. The monoisotopic (exact) mass is 353 g/mol. The van der Waals surface area contributed by atoms with E-state index in [4.69, 9.17) is 5.73 Å². The van der Waals surface area contributed by atoms with Crippen LogP contribution in [0.25, 0.3) is 0 Å². The van der Waals surface area contributed by atoms with E-state index >= 15 is 0 Å². The molecule has 1 heterocycles. The number of nitrogen functional groups attached to an aromatic ring is 1. The predicted molar refractivity (Wildman–Crippen MR) is 81.6 cm³/mol. The molecular weight excluding hydrogens is 338 g/mol. The number of amides is 3. The van der Waals surface area contributed by atoms with Gasteiger partial charge in [-0.3, -0.25) is 19.3 Å². The zero-order valence-corrected chi connectivity index (χ0v) is 13.4. The molecule has 1 aromatic carbocycles. The number of hydrogen-bond acceptors (Lipinski definition) is 4. The molecule has 0 bridgehead atoms. The molecule has 1 fully saturated rings. The fraction of sp³-hybridized carbons (Fsp3) is 0.357. The highest BCUT2D eigenvalue weighted by molar-refractivity contribution is 9.10. The van der Waals surface area contributed by atoms with E-state index in [1.807, 2.05) is 0 Å². The first kappa shape index (κ1) is 15.5. The Morgan fingerprint density at radius 2 is 2.10 bits per heavy atom. The van der Waals surface area contributed by atoms with Gasteiger partial charge in [-0.15, -0.1) is 0 Å². The summed E-state index contributed by atoms with van der Waals surface area (Å²) in [7, 11) is 1.42. The van der Waals surface area contributed by atoms with E-state index in [9.17, 15) is 14.4 Å². The van der Waals surface area contributed by atoms with Crippen molar-refractivity contribution in [2.24, 2.45) is 0 Å². The number of imide groups is 1. The molecule has 2 rings (SSSR count). The van der Waals surface area contributed by atoms with Gasteiger partial charge in [0.1, 0.15) is 6.04 Å². The highest BCUT2D eigenvalue weighted by Gasteiger charge is 2.33. The zero-order chi connectivity index (χ0) is 15.7. The maximum atomic E-state index is 12.3. The van der Waals surface area contributed by atoms with Crippen molar-refractivity contribution in [2.45, 2.75) is 25.8 Å². The van der Waals surface area contributed by atoms with Gasteiger partial charge in [-0.2, -0.15) is 0 Å². The van der Waals surface area contributed by atoms with Gasteiger partial charge in [-0.05, 0) is 31.0 Å². The second-order valence-corrected chi connectivity index (χ2v) is 5.94. The van der Waals surface area contributed by atoms with Gasteiger partial charge in [-0.25, -0.2) is 0 Å². The maximum Gasteiger partial charge on any atom is 0.252 e. The van der Waals surface area contributed by atoms with Gasteiger partial charge < -0.3 is 11.1 Å². The minimum Gasteiger partial charge on any atom is -0.398 e. The summed E-state index contributed by atoms with van der Waals surface area (Å²) in [5, 5.41) is 2.67. The molecule has 0 saturated carbocycles. The summed E-state index contributed by atoms with van der Waals surface area (Å²) in [5.41, 5.74) is 7.39. The first-order valence-electron chi connectivity index (χ1n) is 6.48. The minimum atomic E-state index is -0.681. The van der Waals surface area contributed by atoms with Gasteiger partial charge >= 0.3 is 0 Å². The van der Waals surface area contributed by atoms with Crippen LogP contribution in [0.3, 0.4) is 0 Å². The van der Waals surface area contributed by atoms with Crippen LogP contribution in [0.15, 0.2) is 16.6 Å². The fourth-order valence-electron chi connectivity index (χ4n) is 2.22. The highest BCUT2D eigenvalue weighted by Crippen LogP contribution is 2.23. The fourth-order valence-corrected chi connectivity index (χ4v) is 2.70. The molecule has 1 aliphatic rings. The molecule has 0 radical (unpaired) electrons. The van der Waals surface area contributed by atoms with Gasteiger partial charge in [0.05, 0.1) is 0 Å². The first-order valence-corrected chi connectivity index (χ1v) is 7.27. The number of rotatable bonds is 2. The van der Waals surface area contributed by atoms with E-state index in [0.717, 1.165) is 4.90 Å². The highest BCUT2D eigenvalue weighted by atomic mass is 79.9. The van der Waals surface area contributed by atoms with Gasteiger partial charge in [0, 0.05) is 29.2 Å². The first-order chi connectivity index (χ1) is 9.81. The SMILES string of the molecule is Cc1c(N)cc(Br)cc1C(=O)NC1CCC(=O)N(C)C1=O. The quantitative estimate of drug-likeness (QED) is 0.617. The number of nitrogens with one attached hydrogen (secondary N) is 1. The third-order valence-corrected chi connectivity index (χ3v) is 4.07. The molecule has 1 aliphatic heterocycles. The number of hydrogen-bond donors (Lipinski definition) is 2. The molecule has 0 aromatic heterocycles. The lowest BCUT2D eigenvalue weighted by Gasteiger charge is -2.28. The molecular formula is C14H16BrN3O3. The topological polar surface area (TPSA) is 92.5 Å². The van der Waals surface area contributed by atoms with Crippen LogP contribution in [0.1, 0.15) is 28.8 Å². The van der Waals surface area contributed by atoms with Gasteiger partial charge in [-0.1, -0.05) is 15.9 Å². The van der Waals surface area contributed by atoms with Crippen molar-refractivity contribution in [1.82, 2.24) is 10.2 Å². The number of carbonyl (C=O) groups is 3. The third-order valence-electron chi connectivity index (χ3n) is 3.61. The number of halogens is 1. The van der Waals surface area contributed by atoms with Gasteiger partial charge in [0.15, 0.2) is 0 Å². The normalized spacial score (nSPS) is 18.8. The summed E-state index contributed by atoms with van der Waals surface area (Å²) in [6, 6.07) is 2.69. The number of likely N-dealkylation sites (N-methyl/N-ethyl adjacent to an activating group) is 1. The lowest BCUT2D eigenvalue weighted by molar-refractivity contribution is -0.147. The number of benzene rings is 1. The Morgan fingerprint density at radius 3 is 2.76 bits per heavy atom. The average Bonchev–Trinajstić information content (AvgIpc) is 2.43. The van der Waals surface area contributed by atoms with E-state index in [1.165, 1.54) is 7.05 Å². The Morgan fingerprint density at radius 1 is 1.43 bits per heavy atom. The molecule has 7 heteroatoms. The Labute approximate surface area is 130 Å². The van der Waals surface area contributed by atoms with Crippen molar-refractivity contribution in [1.29, 1.82) is 0 Å². The molecule has 6 nitrogen and oxygen atoms in total. The number of likely N-dealkylation sites (tertiary alicyclic amines) is 1. The van der Waals surface area contributed by atoms with Crippen molar-refractivity contribution in [2.75, 3.05) is 12.8 Å². The molecule has 0 spiro atoms. The Kier molecular flexibility index (Phi) is 4.32. The third kappa shape index (κ3) is 3.07. The Hall–Kier alpha value is -1.89.